The first kappa shape index (κ1) is 22.2. The Morgan fingerprint density at radius 3 is 2.16 bits per heavy atom. The number of alkyl carbamates (subject to hydrolysis) is 1. The fourth-order valence-electron chi connectivity index (χ4n) is 4.14. The molecule has 5 nitrogen and oxygen atoms in total. The van der Waals surface area contributed by atoms with Gasteiger partial charge in [-0.25, -0.2) is 4.79 Å². The molecule has 3 aromatic carbocycles. The van der Waals surface area contributed by atoms with Crippen LogP contribution in [0, 0.1) is 0 Å². The van der Waals surface area contributed by atoms with Gasteiger partial charge in [-0.05, 0) is 46.4 Å². The van der Waals surface area contributed by atoms with Crippen LogP contribution in [0.5, 0.6) is 0 Å². The monoisotopic (exact) mass is 469 g/mol. The first-order valence-corrected chi connectivity index (χ1v) is 10.9. The fraction of sp³-hybridized carbons (Fsp3) is 0.200. The summed E-state index contributed by atoms with van der Waals surface area (Å²) in [5.74, 6) is -1.09. The highest BCUT2D eigenvalue weighted by atomic mass is 35.5. The number of amides is 1. The van der Waals surface area contributed by atoms with Crippen LogP contribution in [0.15, 0.2) is 66.7 Å². The lowest BCUT2D eigenvalue weighted by molar-refractivity contribution is -0.137. The molecule has 0 radical (unpaired) electrons. The van der Waals surface area contributed by atoms with E-state index in [9.17, 15) is 14.7 Å². The van der Waals surface area contributed by atoms with E-state index < -0.39 is 18.1 Å². The second kappa shape index (κ2) is 9.63. The maximum absolute atomic E-state index is 12.6. The summed E-state index contributed by atoms with van der Waals surface area (Å²) in [5, 5.41) is 12.7. The van der Waals surface area contributed by atoms with Gasteiger partial charge in [0.15, 0.2) is 0 Å². The summed E-state index contributed by atoms with van der Waals surface area (Å²) in [7, 11) is 0. The minimum atomic E-state index is -1.02. The van der Waals surface area contributed by atoms with E-state index in [0.717, 1.165) is 27.8 Å². The van der Waals surface area contributed by atoms with Gasteiger partial charge in [0.05, 0.1) is 16.5 Å². The van der Waals surface area contributed by atoms with E-state index in [1.165, 1.54) is 0 Å². The molecule has 1 aliphatic rings. The predicted molar refractivity (Wildman–Crippen MR) is 124 cm³/mol. The van der Waals surface area contributed by atoms with E-state index >= 15 is 0 Å². The molecule has 4 rings (SSSR count). The van der Waals surface area contributed by atoms with E-state index in [-0.39, 0.29) is 25.4 Å². The number of carboxylic acids is 1. The molecule has 1 atom stereocenters. The third-order valence-corrected chi connectivity index (χ3v) is 6.29. The number of fused-ring (bicyclic) bond motifs is 3. The second-order valence-electron chi connectivity index (χ2n) is 7.72. The second-order valence-corrected chi connectivity index (χ2v) is 8.53. The molecular weight excluding hydrogens is 449 g/mol. The number of carbonyl (C=O) groups excluding carboxylic acids is 1. The Bertz CT molecular complexity index is 1120. The average Bonchev–Trinajstić information content (AvgIpc) is 3.08. The minimum Gasteiger partial charge on any atom is -0.481 e. The molecular formula is C25H21Cl2NO4. The van der Waals surface area contributed by atoms with Gasteiger partial charge >= 0.3 is 12.1 Å². The molecule has 3 aromatic rings. The molecule has 0 aliphatic heterocycles. The van der Waals surface area contributed by atoms with E-state index in [0.29, 0.717) is 10.0 Å². The van der Waals surface area contributed by atoms with Crippen molar-refractivity contribution in [2.75, 3.05) is 6.61 Å². The Balaban J connectivity index is 1.43. The van der Waals surface area contributed by atoms with Crippen LogP contribution in [0.1, 0.15) is 29.0 Å². The number of rotatable bonds is 7. The summed E-state index contributed by atoms with van der Waals surface area (Å²) >= 11 is 12.0. The molecule has 32 heavy (non-hydrogen) atoms. The topological polar surface area (TPSA) is 75.6 Å². The Morgan fingerprint density at radius 1 is 0.938 bits per heavy atom. The maximum atomic E-state index is 12.6. The summed E-state index contributed by atoms with van der Waals surface area (Å²) in [6.45, 7) is 0.159. The van der Waals surface area contributed by atoms with Gasteiger partial charge in [-0.1, -0.05) is 77.8 Å². The highest BCUT2D eigenvalue weighted by molar-refractivity contribution is 6.42. The van der Waals surface area contributed by atoms with Crippen LogP contribution >= 0.6 is 23.2 Å². The molecule has 164 valence electrons. The van der Waals surface area contributed by atoms with E-state index in [1.807, 2.05) is 36.4 Å². The smallest absolute Gasteiger partial charge is 0.407 e. The van der Waals surface area contributed by atoms with Crippen LogP contribution < -0.4 is 5.32 Å². The first-order valence-electron chi connectivity index (χ1n) is 10.2. The van der Waals surface area contributed by atoms with Crippen molar-refractivity contribution in [1.82, 2.24) is 5.32 Å². The number of carboxylic acid groups (broad SMARTS) is 1. The SMILES string of the molecule is O=C(O)CC(Cc1ccc(Cl)c(Cl)c1)NC(=O)OCC1c2ccccc2-c2ccccc21. The fourth-order valence-corrected chi connectivity index (χ4v) is 4.46. The van der Waals surface area contributed by atoms with Crippen LogP contribution in [-0.4, -0.2) is 29.8 Å². The quantitative estimate of drug-likeness (QED) is 0.450. The van der Waals surface area contributed by atoms with Gasteiger partial charge in [0.2, 0.25) is 0 Å². The Kier molecular flexibility index (Phi) is 6.68. The van der Waals surface area contributed by atoms with Crippen LogP contribution in [0.2, 0.25) is 10.0 Å². The van der Waals surface area contributed by atoms with Crippen molar-refractivity contribution >= 4 is 35.3 Å². The van der Waals surface area contributed by atoms with E-state index in [2.05, 4.69) is 17.4 Å². The van der Waals surface area contributed by atoms with E-state index in [1.54, 1.807) is 18.2 Å². The summed E-state index contributed by atoms with van der Waals surface area (Å²) in [5.41, 5.74) is 5.27. The number of hydrogen-bond donors (Lipinski definition) is 2. The van der Waals surface area contributed by atoms with Crippen LogP contribution in [0.25, 0.3) is 11.1 Å². The zero-order valence-corrected chi connectivity index (χ0v) is 18.6. The summed E-state index contributed by atoms with van der Waals surface area (Å²) in [4.78, 5) is 23.9. The lowest BCUT2D eigenvalue weighted by atomic mass is 9.98. The first-order chi connectivity index (χ1) is 15.4. The van der Waals surface area contributed by atoms with Crippen molar-refractivity contribution in [3.8, 4) is 11.1 Å². The summed E-state index contributed by atoms with van der Waals surface area (Å²) in [6.07, 6.45) is -0.615. The Hall–Kier alpha value is -3.02. The van der Waals surface area contributed by atoms with Gasteiger partial charge in [0, 0.05) is 12.0 Å². The summed E-state index contributed by atoms with van der Waals surface area (Å²) < 4.78 is 5.54. The van der Waals surface area contributed by atoms with Crippen molar-refractivity contribution in [3.63, 3.8) is 0 Å². The van der Waals surface area contributed by atoms with Crippen molar-refractivity contribution in [2.24, 2.45) is 0 Å². The number of ether oxygens (including phenoxy) is 1. The number of carbonyl (C=O) groups is 2. The summed E-state index contributed by atoms with van der Waals surface area (Å²) in [6, 6.07) is 20.5. The number of halogens is 2. The Labute approximate surface area is 195 Å². The molecule has 0 saturated heterocycles. The lowest BCUT2D eigenvalue weighted by Crippen LogP contribution is -2.39. The van der Waals surface area contributed by atoms with Crippen molar-refractivity contribution in [3.05, 3.63) is 93.5 Å². The van der Waals surface area contributed by atoms with Gasteiger partial charge in [0.1, 0.15) is 6.61 Å². The number of benzene rings is 3. The van der Waals surface area contributed by atoms with Crippen LogP contribution in [0.4, 0.5) is 4.79 Å². The molecule has 0 bridgehead atoms. The average molecular weight is 470 g/mol. The largest absolute Gasteiger partial charge is 0.481 e. The van der Waals surface area contributed by atoms with Crippen LogP contribution in [0.3, 0.4) is 0 Å². The molecule has 7 heteroatoms. The number of nitrogens with one attached hydrogen (secondary N) is 1. The molecule has 0 aromatic heterocycles. The van der Waals surface area contributed by atoms with E-state index in [4.69, 9.17) is 27.9 Å². The molecule has 2 N–H and O–H groups in total. The van der Waals surface area contributed by atoms with Crippen molar-refractivity contribution < 1.29 is 19.4 Å². The standard InChI is InChI=1S/C25H21Cl2NO4/c26-22-10-9-15(12-23(22)27)11-16(13-24(29)30)28-25(31)32-14-21-19-7-3-1-5-17(19)18-6-2-4-8-20(18)21/h1-10,12,16,21H,11,13-14H2,(H,28,31)(H,29,30). The zero-order valence-electron chi connectivity index (χ0n) is 17.1. The number of aliphatic carboxylic acids is 1. The van der Waals surface area contributed by atoms with Crippen LogP contribution in [-0.2, 0) is 16.0 Å². The zero-order chi connectivity index (χ0) is 22.7. The van der Waals surface area contributed by atoms with Gasteiger partial charge in [-0.2, -0.15) is 0 Å². The maximum Gasteiger partial charge on any atom is 0.407 e. The number of hydrogen-bond acceptors (Lipinski definition) is 3. The normalized spacial score (nSPS) is 13.2. The minimum absolute atomic E-state index is 0.0684. The van der Waals surface area contributed by atoms with Gasteiger partial charge < -0.3 is 15.2 Å². The molecule has 1 aliphatic carbocycles. The van der Waals surface area contributed by atoms with Crippen molar-refractivity contribution in [2.45, 2.75) is 24.8 Å². The molecule has 1 amide bonds. The molecule has 1 unspecified atom stereocenters. The Morgan fingerprint density at radius 2 is 1.56 bits per heavy atom. The van der Waals surface area contributed by atoms with Gasteiger partial charge in [-0.15, -0.1) is 0 Å². The highest BCUT2D eigenvalue weighted by Crippen LogP contribution is 2.44. The predicted octanol–water partition coefficient (Wildman–Crippen LogP) is 5.92. The van der Waals surface area contributed by atoms with Gasteiger partial charge in [0.25, 0.3) is 0 Å². The van der Waals surface area contributed by atoms with Gasteiger partial charge in [-0.3, -0.25) is 4.79 Å². The molecule has 0 fully saturated rings. The third-order valence-electron chi connectivity index (χ3n) is 5.55. The molecule has 0 saturated carbocycles. The lowest BCUT2D eigenvalue weighted by Gasteiger charge is -2.19. The van der Waals surface area contributed by atoms with Crippen molar-refractivity contribution in [1.29, 1.82) is 0 Å². The third kappa shape index (κ3) is 4.90. The molecule has 0 spiro atoms. The molecule has 0 heterocycles. The highest BCUT2D eigenvalue weighted by Gasteiger charge is 2.29.